The van der Waals surface area contributed by atoms with Crippen LogP contribution >= 0.6 is 23.7 Å². The Balaban J connectivity index is 0.00000112. The number of hydrogen-bond acceptors (Lipinski definition) is 4. The van der Waals surface area contributed by atoms with Crippen LogP contribution in [0.1, 0.15) is 30.3 Å². The van der Waals surface area contributed by atoms with Crippen LogP contribution in [0.4, 0.5) is 5.13 Å². The third-order valence-corrected chi connectivity index (χ3v) is 3.59. The lowest BCUT2D eigenvalue weighted by Gasteiger charge is -2.21. The molecule has 1 heterocycles. The van der Waals surface area contributed by atoms with Crippen molar-refractivity contribution in [1.29, 1.82) is 0 Å². The molecule has 1 aromatic heterocycles. The van der Waals surface area contributed by atoms with Crippen LogP contribution in [0.25, 0.3) is 0 Å². The van der Waals surface area contributed by atoms with E-state index in [9.17, 15) is 0 Å². The van der Waals surface area contributed by atoms with Crippen LogP contribution < -0.4 is 11.1 Å². The van der Waals surface area contributed by atoms with Crippen molar-refractivity contribution < 1.29 is 5.48 Å². The summed E-state index contributed by atoms with van der Waals surface area (Å²) in [5.41, 5.74) is 6.93. The number of fused-ring (bicyclic) bond motifs is 1. The maximum atomic E-state index is 5.69. The molecule has 0 bridgehead atoms. The van der Waals surface area contributed by atoms with Crippen molar-refractivity contribution in [2.45, 2.75) is 38.6 Å². The molecule has 1 aliphatic rings. The molecule has 0 saturated heterocycles. The highest BCUT2D eigenvalue weighted by molar-refractivity contribution is 7.15. The first kappa shape index (κ1) is 15.6. The summed E-state index contributed by atoms with van der Waals surface area (Å²) in [6.45, 7) is 3.32. The molecule has 0 radical (unpaired) electrons. The van der Waals surface area contributed by atoms with E-state index in [-0.39, 0.29) is 17.9 Å². The second-order valence-corrected chi connectivity index (χ2v) is 4.93. The molecular weight excluding hydrogens is 246 g/mol. The van der Waals surface area contributed by atoms with Crippen LogP contribution in [0, 0.1) is 0 Å². The van der Waals surface area contributed by atoms with E-state index >= 15 is 0 Å². The molecule has 1 aromatic rings. The first-order valence-electron chi connectivity index (χ1n) is 5.27. The number of hydrogen-bond donors (Lipinski definition) is 2. The van der Waals surface area contributed by atoms with Gasteiger partial charge in [-0.25, -0.2) is 4.98 Å². The fourth-order valence-electron chi connectivity index (χ4n) is 1.92. The molecule has 5 N–H and O–H groups in total. The highest BCUT2D eigenvalue weighted by Gasteiger charge is 2.21. The Kier molecular flexibility index (Phi) is 6.90. The van der Waals surface area contributed by atoms with Crippen molar-refractivity contribution in [3.05, 3.63) is 10.6 Å². The molecule has 1 aliphatic carbocycles. The summed E-state index contributed by atoms with van der Waals surface area (Å²) in [6.07, 6.45) is 4.61. The normalized spacial score (nSPS) is 18.2. The van der Waals surface area contributed by atoms with Gasteiger partial charge in [-0.15, -0.1) is 23.7 Å². The van der Waals surface area contributed by atoms with Gasteiger partial charge in [0.1, 0.15) is 0 Å². The maximum absolute atomic E-state index is 5.69. The number of rotatable bonds is 3. The first-order valence-corrected chi connectivity index (χ1v) is 6.08. The van der Waals surface area contributed by atoms with Crippen LogP contribution in [0.15, 0.2) is 0 Å². The SMILES string of the molecule is CCCN[C@H]1CCc2nc(N)sc2C1.Cl.O. The summed E-state index contributed by atoms with van der Waals surface area (Å²) in [6, 6.07) is 0.641. The number of thiazole rings is 1. The molecule has 2 rings (SSSR count). The van der Waals surface area contributed by atoms with Crippen molar-refractivity contribution in [3.8, 4) is 0 Å². The molecule has 0 spiro atoms. The van der Waals surface area contributed by atoms with Gasteiger partial charge in [0.15, 0.2) is 5.13 Å². The zero-order valence-corrected chi connectivity index (χ0v) is 11.1. The van der Waals surface area contributed by atoms with E-state index in [4.69, 9.17) is 5.73 Å². The Morgan fingerprint density at radius 2 is 2.31 bits per heavy atom. The van der Waals surface area contributed by atoms with Crippen molar-refractivity contribution in [3.63, 3.8) is 0 Å². The van der Waals surface area contributed by atoms with Gasteiger partial charge in [0.2, 0.25) is 0 Å². The highest BCUT2D eigenvalue weighted by atomic mass is 35.5. The fourth-order valence-corrected chi connectivity index (χ4v) is 2.88. The number of nitrogens with zero attached hydrogens (tertiary/aromatic N) is 1. The Hall–Kier alpha value is -0.360. The molecule has 16 heavy (non-hydrogen) atoms. The van der Waals surface area contributed by atoms with E-state index in [1.54, 1.807) is 11.3 Å². The number of anilines is 1. The Bertz CT molecular complexity index is 319. The molecular formula is C10H20ClN3OS. The second kappa shape index (κ2) is 7.06. The molecule has 0 fully saturated rings. The van der Waals surface area contributed by atoms with Crippen LogP contribution in [-0.2, 0) is 12.8 Å². The Morgan fingerprint density at radius 1 is 1.56 bits per heavy atom. The molecule has 1 atom stereocenters. The number of aromatic nitrogens is 1. The third kappa shape index (κ3) is 3.59. The standard InChI is InChI=1S/C10H17N3S.ClH.H2O/c1-2-5-12-7-3-4-8-9(6-7)14-10(11)13-8;;/h7,12H,2-6H2,1H3,(H2,11,13);1H;1H2/t7-;;/m0../s1. The predicted octanol–water partition coefficient (Wildman–Crippen LogP) is 1.18. The van der Waals surface area contributed by atoms with Crippen molar-refractivity contribution in [2.75, 3.05) is 12.3 Å². The van der Waals surface area contributed by atoms with Crippen LogP contribution in [0.2, 0.25) is 0 Å². The monoisotopic (exact) mass is 265 g/mol. The Labute approximate surface area is 106 Å². The largest absolute Gasteiger partial charge is 0.412 e. The fraction of sp³-hybridized carbons (Fsp3) is 0.700. The Morgan fingerprint density at radius 3 is 3.00 bits per heavy atom. The van der Waals surface area contributed by atoms with Crippen LogP contribution in [0.3, 0.4) is 0 Å². The van der Waals surface area contributed by atoms with Gasteiger partial charge in [0, 0.05) is 10.9 Å². The van der Waals surface area contributed by atoms with Crippen LogP contribution in [0.5, 0.6) is 0 Å². The van der Waals surface area contributed by atoms with Gasteiger partial charge in [0.25, 0.3) is 0 Å². The lowest BCUT2D eigenvalue weighted by atomic mass is 9.98. The summed E-state index contributed by atoms with van der Waals surface area (Å²) in [5, 5.41) is 4.29. The van der Waals surface area contributed by atoms with Crippen LogP contribution in [-0.4, -0.2) is 23.0 Å². The van der Waals surface area contributed by atoms with Gasteiger partial charge in [-0.05, 0) is 32.2 Å². The minimum atomic E-state index is 0. The van der Waals surface area contributed by atoms with E-state index in [0.29, 0.717) is 6.04 Å². The zero-order valence-electron chi connectivity index (χ0n) is 9.45. The quantitative estimate of drug-likeness (QED) is 0.861. The lowest BCUT2D eigenvalue weighted by Crippen LogP contribution is -2.34. The van der Waals surface area contributed by atoms with E-state index in [1.807, 2.05) is 0 Å². The lowest BCUT2D eigenvalue weighted by molar-refractivity contribution is 0.460. The first-order chi connectivity index (χ1) is 6.79. The summed E-state index contributed by atoms with van der Waals surface area (Å²) < 4.78 is 0. The summed E-state index contributed by atoms with van der Waals surface area (Å²) in [5.74, 6) is 0. The second-order valence-electron chi connectivity index (χ2n) is 3.82. The number of nitrogens with two attached hydrogens (primary N) is 1. The van der Waals surface area contributed by atoms with Crippen molar-refractivity contribution >= 4 is 28.9 Å². The van der Waals surface area contributed by atoms with Crippen molar-refractivity contribution in [1.82, 2.24) is 10.3 Å². The van der Waals surface area contributed by atoms with Crippen molar-refractivity contribution in [2.24, 2.45) is 0 Å². The van der Waals surface area contributed by atoms with E-state index in [1.165, 1.54) is 23.4 Å². The predicted molar refractivity (Wildman–Crippen MR) is 71.5 cm³/mol. The molecule has 0 aromatic carbocycles. The van der Waals surface area contributed by atoms with E-state index in [0.717, 1.165) is 24.5 Å². The van der Waals surface area contributed by atoms with Gasteiger partial charge in [-0.3, -0.25) is 0 Å². The summed E-state index contributed by atoms with van der Waals surface area (Å²) >= 11 is 1.65. The molecule has 94 valence electrons. The topological polar surface area (TPSA) is 82.4 Å². The third-order valence-electron chi connectivity index (χ3n) is 2.64. The molecule has 0 aliphatic heterocycles. The summed E-state index contributed by atoms with van der Waals surface area (Å²) in [7, 11) is 0. The van der Waals surface area contributed by atoms with Gasteiger partial charge in [0.05, 0.1) is 5.69 Å². The molecule has 0 unspecified atom stereocenters. The highest BCUT2D eigenvalue weighted by Crippen LogP contribution is 2.27. The van der Waals surface area contributed by atoms with Gasteiger partial charge >= 0.3 is 0 Å². The average molecular weight is 266 g/mol. The zero-order chi connectivity index (χ0) is 9.97. The number of aryl methyl sites for hydroxylation is 1. The summed E-state index contributed by atoms with van der Waals surface area (Å²) in [4.78, 5) is 5.73. The molecule has 0 amide bonds. The van der Waals surface area contributed by atoms with E-state index in [2.05, 4.69) is 17.2 Å². The van der Waals surface area contributed by atoms with E-state index < -0.39 is 0 Å². The molecule has 0 saturated carbocycles. The molecule has 6 heteroatoms. The maximum Gasteiger partial charge on any atom is 0.180 e. The molecule has 4 nitrogen and oxygen atoms in total. The van der Waals surface area contributed by atoms with Gasteiger partial charge in [-0.2, -0.15) is 0 Å². The number of nitrogen functional groups attached to an aromatic ring is 1. The minimum absolute atomic E-state index is 0. The smallest absolute Gasteiger partial charge is 0.180 e. The number of nitrogens with one attached hydrogen (secondary N) is 1. The van der Waals surface area contributed by atoms with Gasteiger partial charge < -0.3 is 16.5 Å². The minimum Gasteiger partial charge on any atom is -0.412 e. The number of halogens is 1. The van der Waals surface area contributed by atoms with Gasteiger partial charge in [-0.1, -0.05) is 6.92 Å². The average Bonchev–Trinajstić information content (AvgIpc) is 2.54.